The number of hydrogen-bond donors (Lipinski definition) is 1. The largest absolute Gasteiger partial charge is 0.446 e. The van der Waals surface area contributed by atoms with Crippen molar-refractivity contribution in [2.24, 2.45) is 17.8 Å². The molecule has 1 saturated carbocycles. The van der Waals surface area contributed by atoms with Crippen LogP contribution in [0.2, 0.25) is 0 Å². The van der Waals surface area contributed by atoms with Gasteiger partial charge in [-0.3, -0.25) is 0 Å². The fourth-order valence-corrected chi connectivity index (χ4v) is 10.1. The van der Waals surface area contributed by atoms with Gasteiger partial charge in [0.1, 0.15) is 6.10 Å². The van der Waals surface area contributed by atoms with Gasteiger partial charge in [0.15, 0.2) is 0 Å². The van der Waals surface area contributed by atoms with Crippen LogP contribution in [0.1, 0.15) is 37.7 Å². The highest BCUT2D eigenvalue weighted by Crippen LogP contribution is 2.52. The van der Waals surface area contributed by atoms with E-state index < -0.39 is 9.84 Å². The number of sulfone groups is 1. The molecule has 3 heterocycles. The number of carbonyl (C=O) groups excluding carboxylic acids is 1. The Morgan fingerprint density at radius 1 is 0.898 bits per heavy atom. The second-order valence-corrected chi connectivity index (χ2v) is 16.0. The summed E-state index contributed by atoms with van der Waals surface area (Å²) in [6.07, 6.45) is 10.5. The minimum Gasteiger partial charge on any atom is -0.446 e. The number of alkyl carbamates (subject to hydrolysis) is 1. The molecule has 1 unspecified atom stereocenters. The maximum absolute atomic E-state index is 13.0. The number of hydrogen-bond acceptors (Lipinski definition) is 7. The molecule has 1 aliphatic carbocycles. The number of rotatable bonds is 11. The van der Waals surface area contributed by atoms with Gasteiger partial charge in [-0.15, -0.1) is 0 Å². The molecule has 1 N–H and O–H groups in total. The number of benzene rings is 3. The Hall–Kier alpha value is -4.15. The molecule has 7 rings (SSSR count). The zero-order chi connectivity index (χ0) is 33.8. The van der Waals surface area contributed by atoms with E-state index in [1.807, 2.05) is 30.7 Å². The number of carbonyl (C=O) groups is 1. The lowest BCUT2D eigenvalue weighted by Gasteiger charge is -2.51. The Morgan fingerprint density at radius 2 is 1.57 bits per heavy atom. The van der Waals surface area contributed by atoms with Gasteiger partial charge < -0.3 is 24.4 Å². The first-order chi connectivity index (χ1) is 23.9. The van der Waals surface area contributed by atoms with Crippen LogP contribution in [0, 0.1) is 17.8 Å². The Morgan fingerprint density at radius 3 is 2.22 bits per heavy atom. The maximum Gasteiger partial charge on any atom is 0.407 e. The summed E-state index contributed by atoms with van der Waals surface area (Å²) in [5.74, 6) is 1.21. The van der Waals surface area contributed by atoms with E-state index in [9.17, 15) is 13.2 Å². The van der Waals surface area contributed by atoms with E-state index in [0.29, 0.717) is 21.6 Å². The molecule has 1 amide bonds. The van der Waals surface area contributed by atoms with Gasteiger partial charge in [0, 0.05) is 68.6 Å². The molecular weight excluding hydrogens is 635 g/mol. The van der Waals surface area contributed by atoms with E-state index in [4.69, 9.17) is 4.74 Å². The Balaban J connectivity index is 1.02. The van der Waals surface area contributed by atoms with E-state index >= 15 is 0 Å². The summed E-state index contributed by atoms with van der Waals surface area (Å²) in [4.78, 5) is 22.5. The molecule has 4 aromatic rings. The Labute approximate surface area is 290 Å². The average Bonchev–Trinajstić information content (AvgIpc) is 3.82. The van der Waals surface area contributed by atoms with Crippen molar-refractivity contribution in [1.29, 1.82) is 0 Å². The Kier molecular flexibility index (Phi) is 9.78. The minimum atomic E-state index is -3.52. The molecule has 1 aromatic heterocycles. The predicted molar refractivity (Wildman–Crippen MR) is 190 cm³/mol. The van der Waals surface area contributed by atoms with Crippen LogP contribution in [0.5, 0.6) is 0 Å². The van der Waals surface area contributed by atoms with E-state index in [1.165, 1.54) is 5.56 Å². The first-order valence-electron chi connectivity index (χ1n) is 17.6. The van der Waals surface area contributed by atoms with Crippen molar-refractivity contribution in [3.05, 3.63) is 109 Å². The number of amides is 1. The molecule has 10 heteroatoms. The van der Waals surface area contributed by atoms with E-state index in [0.717, 1.165) is 77.1 Å². The summed E-state index contributed by atoms with van der Waals surface area (Å²) >= 11 is 0. The van der Waals surface area contributed by atoms with E-state index in [2.05, 4.69) is 61.2 Å². The number of ether oxygens (including phenoxy) is 1. The molecule has 3 aromatic carbocycles. The molecule has 2 aliphatic heterocycles. The summed E-state index contributed by atoms with van der Waals surface area (Å²) in [6, 6.07) is 26.9. The standard InChI is InChI=1S/C39H47N5O4S/c1-40-38(45)48-37-14-8-13-36(37)39(28-43-24-21-41-29-43,31-9-4-2-5-10-31)32-19-22-42(23-20-32)25-30-26-44(27-30)33-15-17-35(18-16-33)49(46,47)34-11-6-3-7-12-34/h2-7,9-12,15-18,21,24,29-30,32,36-37H,8,13-14,19-20,22-23,25-28H2,1H3,(H,40,45)/t36-,37-,39?/m1/s1. The molecule has 2 saturated heterocycles. The third-order valence-corrected chi connectivity index (χ3v) is 13.0. The first-order valence-corrected chi connectivity index (χ1v) is 19.1. The van der Waals surface area contributed by atoms with Gasteiger partial charge in [-0.1, -0.05) is 48.5 Å². The second-order valence-electron chi connectivity index (χ2n) is 14.0. The third kappa shape index (κ3) is 6.85. The fourth-order valence-electron chi connectivity index (χ4n) is 8.84. The smallest absolute Gasteiger partial charge is 0.407 e. The van der Waals surface area contributed by atoms with Gasteiger partial charge in [-0.05, 0) is 93.1 Å². The van der Waals surface area contributed by atoms with Gasteiger partial charge in [-0.2, -0.15) is 0 Å². The molecule has 258 valence electrons. The monoisotopic (exact) mass is 681 g/mol. The van der Waals surface area contributed by atoms with E-state index in [1.54, 1.807) is 43.4 Å². The zero-order valence-corrected chi connectivity index (χ0v) is 29.0. The van der Waals surface area contributed by atoms with Crippen LogP contribution in [0.4, 0.5) is 10.5 Å². The normalized spacial score (nSPS) is 21.9. The quantitative estimate of drug-likeness (QED) is 0.207. The van der Waals surface area contributed by atoms with Crippen LogP contribution in [0.3, 0.4) is 0 Å². The maximum atomic E-state index is 13.0. The van der Waals surface area contributed by atoms with Gasteiger partial charge in [0.2, 0.25) is 9.84 Å². The van der Waals surface area contributed by atoms with Gasteiger partial charge in [0.25, 0.3) is 0 Å². The summed E-state index contributed by atoms with van der Waals surface area (Å²) in [7, 11) is -1.88. The van der Waals surface area contributed by atoms with Crippen molar-refractivity contribution in [2.75, 3.05) is 44.7 Å². The van der Waals surface area contributed by atoms with Gasteiger partial charge in [-0.25, -0.2) is 18.2 Å². The summed E-state index contributed by atoms with van der Waals surface area (Å²) in [5.41, 5.74) is 2.20. The van der Waals surface area contributed by atoms with Crippen molar-refractivity contribution in [3.63, 3.8) is 0 Å². The molecule has 0 bridgehead atoms. The molecule has 3 fully saturated rings. The first kappa shape index (κ1) is 33.4. The molecule has 3 aliphatic rings. The van der Waals surface area contributed by atoms with Crippen LogP contribution in [-0.4, -0.2) is 74.8 Å². The molecule has 49 heavy (non-hydrogen) atoms. The van der Waals surface area contributed by atoms with Crippen molar-refractivity contribution in [2.45, 2.75) is 60.0 Å². The number of nitrogens with one attached hydrogen (secondary N) is 1. The van der Waals surface area contributed by atoms with Crippen LogP contribution in [-0.2, 0) is 26.5 Å². The van der Waals surface area contributed by atoms with Crippen molar-refractivity contribution < 1.29 is 17.9 Å². The summed E-state index contributed by atoms with van der Waals surface area (Å²) in [6.45, 7) is 5.90. The van der Waals surface area contributed by atoms with Crippen molar-refractivity contribution >= 4 is 21.6 Å². The number of aromatic nitrogens is 2. The van der Waals surface area contributed by atoms with Crippen LogP contribution in [0.15, 0.2) is 113 Å². The average molecular weight is 682 g/mol. The highest BCUT2D eigenvalue weighted by atomic mass is 32.2. The molecule has 9 nitrogen and oxygen atoms in total. The van der Waals surface area contributed by atoms with Gasteiger partial charge in [0.05, 0.1) is 16.1 Å². The molecule has 0 radical (unpaired) electrons. The highest BCUT2D eigenvalue weighted by molar-refractivity contribution is 7.91. The van der Waals surface area contributed by atoms with Crippen molar-refractivity contribution in [1.82, 2.24) is 19.8 Å². The van der Waals surface area contributed by atoms with E-state index in [-0.39, 0.29) is 23.5 Å². The second kappa shape index (κ2) is 14.4. The fraction of sp³-hybridized carbons (Fsp3) is 0.436. The Bertz CT molecular complexity index is 1770. The lowest BCUT2D eigenvalue weighted by atomic mass is 9.58. The van der Waals surface area contributed by atoms with Crippen molar-refractivity contribution in [3.8, 4) is 0 Å². The predicted octanol–water partition coefficient (Wildman–Crippen LogP) is 6.03. The lowest BCUT2D eigenvalue weighted by molar-refractivity contribution is 0.00203. The molecule has 0 spiro atoms. The highest BCUT2D eigenvalue weighted by Gasteiger charge is 2.53. The van der Waals surface area contributed by atoms with Gasteiger partial charge >= 0.3 is 6.09 Å². The summed E-state index contributed by atoms with van der Waals surface area (Å²) < 4.78 is 34.3. The molecular formula is C39H47N5O4S. The zero-order valence-electron chi connectivity index (χ0n) is 28.2. The number of piperidine rings is 1. The topological polar surface area (TPSA) is 96.8 Å². The number of nitrogens with zero attached hydrogens (tertiary/aromatic N) is 4. The van der Waals surface area contributed by atoms with Crippen LogP contribution < -0.4 is 10.2 Å². The number of likely N-dealkylation sites (tertiary alicyclic amines) is 1. The van der Waals surface area contributed by atoms with Crippen LogP contribution in [0.25, 0.3) is 0 Å². The van der Waals surface area contributed by atoms with Crippen LogP contribution >= 0.6 is 0 Å². The SMILES string of the molecule is CNC(=O)O[C@@H]1CCC[C@H]1C(Cn1ccnc1)(c1ccccc1)C1CCN(CC2CN(c3ccc(S(=O)(=O)c4ccccc4)cc3)C2)CC1. The number of anilines is 1. The molecule has 3 atom stereocenters. The lowest BCUT2D eigenvalue weighted by Crippen LogP contribution is -2.55. The minimum absolute atomic E-state index is 0.129. The number of imidazole rings is 1. The third-order valence-electron chi connectivity index (χ3n) is 11.2. The summed E-state index contributed by atoms with van der Waals surface area (Å²) in [5, 5.41) is 2.68.